The number of hydrogen-bond donors (Lipinski definition) is 1. The van der Waals surface area contributed by atoms with Crippen LogP contribution in [0.15, 0.2) is 18.2 Å². The zero-order chi connectivity index (χ0) is 20.9. The SMILES string of the molecule is CC[Si](CC)(CC)OC(CNCC(C)(C)C)c1c(Cl)cccc1C(F)(F)F. The quantitative estimate of drug-likeness (QED) is 0.429. The van der Waals surface area contributed by atoms with Crippen molar-refractivity contribution in [2.75, 3.05) is 13.1 Å². The van der Waals surface area contributed by atoms with Crippen molar-refractivity contribution in [3.8, 4) is 0 Å². The Labute approximate surface area is 168 Å². The number of halogens is 4. The summed E-state index contributed by atoms with van der Waals surface area (Å²) in [6, 6.07) is 6.54. The van der Waals surface area contributed by atoms with Gasteiger partial charge in [-0.05, 0) is 35.7 Å². The van der Waals surface area contributed by atoms with E-state index in [9.17, 15) is 13.2 Å². The summed E-state index contributed by atoms with van der Waals surface area (Å²) in [6.45, 7) is 13.4. The Morgan fingerprint density at radius 3 is 2.07 bits per heavy atom. The Kier molecular flexibility index (Phi) is 8.85. The number of hydrogen-bond acceptors (Lipinski definition) is 2. The van der Waals surface area contributed by atoms with Crippen molar-refractivity contribution < 1.29 is 17.6 Å². The highest BCUT2D eigenvalue weighted by atomic mass is 35.5. The van der Waals surface area contributed by atoms with Gasteiger partial charge in [0.1, 0.15) is 0 Å². The molecule has 0 bridgehead atoms. The van der Waals surface area contributed by atoms with Gasteiger partial charge in [-0.25, -0.2) is 0 Å². The van der Waals surface area contributed by atoms with E-state index in [0.717, 1.165) is 24.2 Å². The predicted octanol–water partition coefficient (Wildman–Crippen LogP) is 7.06. The summed E-state index contributed by atoms with van der Waals surface area (Å²) in [5.74, 6) is 0. The van der Waals surface area contributed by atoms with Gasteiger partial charge in [0.2, 0.25) is 0 Å². The van der Waals surface area contributed by atoms with Crippen molar-refractivity contribution in [2.45, 2.75) is 72.0 Å². The minimum Gasteiger partial charge on any atom is -0.409 e. The number of nitrogens with one attached hydrogen (secondary N) is 1. The highest BCUT2D eigenvalue weighted by molar-refractivity contribution is 6.73. The first-order chi connectivity index (χ1) is 12.4. The van der Waals surface area contributed by atoms with E-state index in [-0.39, 0.29) is 16.0 Å². The van der Waals surface area contributed by atoms with E-state index < -0.39 is 26.2 Å². The Hall–Kier alpha value is -0.563. The molecule has 0 aliphatic carbocycles. The lowest BCUT2D eigenvalue weighted by molar-refractivity contribution is -0.139. The number of alkyl halides is 3. The Balaban J connectivity index is 3.33. The average molecular weight is 424 g/mol. The van der Waals surface area contributed by atoms with Crippen LogP contribution >= 0.6 is 11.6 Å². The maximum Gasteiger partial charge on any atom is 0.416 e. The smallest absolute Gasteiger partial charge is 0.409 e. The Morgan fingerprint density at radius 2 is 1.63 bits per heavy atom. The van der Waals surface area contributed by atoms with E-state index in [0.29, 0.717) is 13.1 Å². The van der Waals surface area contributed by atoms with E-state index >= 15 is 0 Å². The first kappa shape index (κ1) is 24.5. The van der Waals surface area contributed by atoms with Gasteiger partial charge in [-0.15, -0.1) is 0 Å². The molecule has 1 rings (SSSR count). The molecule has 0 aliphatic rings. The van der Waals surface area contributed by atoms with Gasteiger partial charge < -0.3 is 9.74 Å². The van der Waals surface area contributed by atoms with Crippen molar-refractivity contribution in [1.29, 1.82) is 0 Å². The van der Waals surface area contributed by atoms with E-state index in [2.05, 4.69) is 46.9 Å². The van der Waals surface area contributed by atoms with Crippen LogP contribution in [0, 0.1) is 5.41 Å². The summed E-state index contributed by atoms with van der Waals surface area (Å²) in [5.41, 5.74) is -0.628. The van der Waals surface area contributed by atoms with Crippen molar-refractivity contribution in [3.63, 3.8) is 0 Å². The van der Waals surface area contributed by atoms with Crippen LogP contribution in [0.4, 0.5) is 13.2 Å². The molecule has 1 atom stereocenters. The average Bonchev–Trinajstić information content (AvgIpc) is 2.56. The molecular weight excluding hydrogens is 391 g/mol. The molecule has 0 radical (unpaired) electrons. The zero-order valence-corrected chi connectivity index (χ0v) is 19.0. The minimum absolute atomic E-state index is 0.0205. The molecule has 2 nitrogen and oxygen atoms in total. The minimum atomic E-state index is -4.47. The second-order valence-electron chi connectivity index (χ2n) is 8.24. The Bertz CT molecular complexity index is 590. The van der Waals surface area contributed by atoms with Crippen LogP contribution in [-0.4, -0.2) is 21.4 Å². The second kappa shape index (κ2) is 9.77. The third-order valence-electron chi connectivity index (χ3n) is 4.99. The van der Waals surface area contributed by atoms with E-state index in [4.69, 9.17) is 16.0 Å². The molecule has 0 fully saturated rings. The lowest BCUT2D eigenvalue weighted by Gasteiger charge is -2.35. The van der Waals surface area contributed by atoms with Gasteiger partial charge in [0.05, 0.1) is 11.7 Å². The van der Waals surface area contributed by atoms with Gasteiger partial charge in [0, 0.05) is 23.7 Å². The first-order valence-corrected chi connectivity index (χ1v) is 12.5. The van der Waals surface area contributed by atoms with Crippen molar-refractivity contribution in [3.05, 3.63) is 34.3 Å². The molecule has 7 heteroatoms. The van der Waals surface area contributed by atoms with Gasteiger partial charge >= 0.3 is 6.18 Å². The highest BCUT2D eigenvalue weighted by Crippen LogP contribution is 2.41. The molecule has 156 valence electrons. The number of rotatable bonds is 9. The van der Waals surface area contributed by atoms with Crippen LogP contribution in [-0.2, 0) is 10.6 Å². The summed E-state index contributed by atoms with van der Waals surface area (Å²) in [4.78, 5) is 0. The van der Waals surface area contributed by atoms with Crippen LogP contribution in [0.3, 0.4) is 0 Å². The normalized spacial score (nSPS) is 14.4. The fraction of sp³-hybridized carbons (Fsp3) is 0.700. The van der Waals surface area contributed by atoms with Gasteiger partial charge in [-0.2, -0.15) is 13.2 Å². The molecule has 0 spiro atoms. The zero-order valence-electron chi connectivity index (χ0n) is 17.3. The summed E-state index contributed by atoms with van der Waals surface area (Å²) in [7, 11) is -2.13. The summed E-state index contributed by atoms with van der Waals surface area (Å²) >= 11 is 6.27. The molecule has 0 saturated heterocycles. The summed E-state index contributed by atoms with van der Waals surface area (Å²) in [6.07, 6.45) is -5.19. The van der Waals surface area contributed by atoms with Crippen LogP contribution in [0.2, 0.25) is 23.2 Å². The van der Waals surface area contributed by atoms with Crippen LogP contribution in [0.25, 0.3) is 0 Å². The van der Waals surface area contributed by atoms with E-state index in [1.54, 1.807) is 0 Å². The van der Waals surface area contributed by atoms with Crippen LogP contribution in [0.5, 0.6) is 0 Å². The maximum absolute atomic E-state index is 13.7. The molecule has 1 unspecified atom stereocenters. The van der Waals surface area contributed by atoms with Gasteiger partial charge in [-0.1, -0.05) is 59.2 Å². The van der Waals surface area contributed by atoms with Gasteiger partial charge in [0.15, 0.2) is 8.32 Å². The van der Waals surface area contributed by atoms with Crippen molar-refractivity contribution in [1.82, 2.24) is 5.32 Å². The van der Waals surface area contributed by atoms with Gasteiger partial charge in [0.25, 0.3) is 0 Å². The molecule has 27 heavy (non-hydrogen) atoms. The molecule has 0 amide bonds. The second-order valence-corrected chi connectivity index (χ2v) is 13.4. The maximum atomic E-state index is 13.7. The van der Waals surface area contributed by atoms with Crippen LogP contribution < -0.4 is 5.32 Å². The van der Waals surface area contributed by atoms with Crippen molar-refractivity contribution in [2.24, 2.45) is 5.41 Å². The molecule has 0 saturated carbocycles. The summed E-state index contributed by atoms with van der Waals surface area (Å²) < 4.78 is 47.5. The standard InChI is InChI=1S/C20H33ClF3NOSi/c1-7-27(8-2,9-3)26-17(13-25-14-19(4,5)6)18-15(20(22,23)24)11-10-12-16(18)21/h10-12,17,25H,7-9,13-14H2,1-6H3. The molecule has 1 aromatic carbocycles. The van der Waals surface area contributed by atoms with Crippen molar-refractivity contribution >= 4 is 19.9 Å². The number of benzene rings is 1. The topological polar surface area (TPSA) is 21.3 Å². The largest absolute Gasteiger partial charge is 0.416 e. The van der Waals surface area contributed by atoms with Gasteiger partial charge in [-0.3, -0.25) is 0 Å². The van der Waals surface area contributed by atoms with E-state index in [1.165, 1.54) is 12.1 Å². The lowest BCUT2D eigenvalue weighted by atomic mass is 9.96. The molecule has 0 aliphatic heterocycles. The molecule has 0 aromatic heterocycles. The highest BCUT2D eigenvalue weighted by Gasteiger charge is 2.39. The molecular formula is C20H33ClF3NOSi. The monoisotopic (exact) mass is 423 g/mol. The third kappa shape index (κ3) is 7.08. The molecule has 1 N–H and O–H groups in total. The summed E-state index contributed by atoms with van der Waals surface area (Å²) in [5, 5.41) is 3.41. The third-order valence-corrected chi connectivity index (χ3v) is 9.97. The molecule has 1 aromatic rings. The fourth-order valence-electron chi connectivity index (χ4n) is 3.19. The first-order valence-electron chi connectivity index (χ1n) is 9.63. The molecule has 0 heterocycles. The Morgan fingerprint density at radius 1 is 1.07 bits per heavy atom. The van der Waals surface area contributed by atoms with E-state index in [1.807, 2.05) is 0 Å². The fourth-order valence-corrected chi connectivity index (χ4v) is 6.30. The lowest BCUT2D eigenvalue weighted by Crippen LogP contribution is -2.41. The van der Waals surface area contributed by atoms with Crippen LogP contribution in [0.1, 0.15) is 58.8 Å². The predicted molar refractivity (Wildman–Crippen MR) is 110 cm³/mol.